The highest BCUT2D eigenvalue weighted by atomic mass is 16.4. The molecule has 0 aliphatic rings. The normalized spacial score (nSPS) is 15.6. The number of hydrogen-bond donors (Lipinski definition) is 7. The molecule has 0 spiro atoms. The molecular formula is C19H33N5O8. The van der Waals surface area contributed by atoms with Crippen molar-refractivity contribution in [2.24, 2.45) is 23.3 Å². The largest absolute Gasteiger partial charge is 0.481 e. The minimum atomic E-state index is -1.60. The summed E-state index contributed by atoms with van der Waals surface area (Å²) in [5.41, 5.74) is 10.9. The first-order valence-electron chi connectivity index (χ1n) is 10.1. The Labute approximate surface area is 185 Å². The minimum Gasteiger partial charge on any atom is -0.481 e. The van der Waals surface area contributed by atoms with E-state index < -0.39 is 78.5 Å². The van der Waals surface area contributed by atoms with Gasteiger partial charge >= 0.3 is 11.9 Å². The monoisotopic (exact) mass is 459 g/mol. The summed E-state index contributed by atoms with van der Waals surface area (Å²) in [7, 11) is 0. The van der Waals surface area contributed by atoms with Gasteiger partial charge in [-0.05, 0) is 11.8 Å². The highest BCUT2D eigenvalue weighted by Gasteiger charge is 2.33. The topological polar surface area (TPSA) is 231 Å². The van der Waals surface area contributed by atoms with Gasteiger partial charge in [0.2, 0.25) is 23.6 Å². The first-order valence-corrected chi connectivity index (χ1v) is 10.1. The molecule has 0 aromatic carbocycles. The third-order valence-electron chi connectivity index (χ3n) is 4.84. The van der Waals surface area contributed by atoms with Gasteiger partial charge in [0.05, 0.1) is 18.9 Å². The van der Waals surface area contributed by atoms with E-state index in [0.717, 1.165) is 0 Å². The van der Waals surface area contributed by atoms with Crippen LogP contribution in [0.25, 0.3) is 0 Å². The van der Waals surface area contributed by atoms with Crippen LogP contribution >= 0.6 is 0 Å². The lowest BCUT2D eigenvalue weighted by Gasteiger charge is -2.25. The van der Waals surface area contributed by atoms with Gasteiger partial charge in [-0.1, -0.05) is 34.1 Å². The Kier molecular flexibility index (Phi) is 11.9. The molecule has 5 atom stereocenters. The van der Waals surface area contributed by atoms with Crippen molar-refractivity contribution in [1.82, 2.24) is 16.0 Å². The molecule has 0 aliphatic carbocycles. The zero-order valence-corrected chi connectivity index (χ0v) is 18.6. The van der Waals surface area contributed by atoms with Gasteiger partial charge in [-0.3, -0.25) is 24.0 Å². The lowest BCUT2D eigenvalue weighted by atomic mass is 9.99. The standard InChI is InChI=1S/C19H33N5O8/c1-5-9(4)14(21)18(30)23-11(7-13(26)27)16(28)22-10(6-12(20)25)17(29)24-15(8(2)3)19(31)32/h8-11,14-15H,5-7,21H2,1-4H3,(H2,20,25)(H,22,28)(H,23,30)(H,24,29)(H,26,27)(H,31,32). The predicted octanol–water partition coefficient (Wildman–Crippen LogP) is -2.10. The molecule has 13 heteroatoms. The fraction of sp³-hybridized carbons (Fsp3) is 0.684. The molecule has 32 heavy (non-hydrogen) atoms. The third-order valence-corrected chi connectivity index (χ3v) is 4.84. The van der Waals surface area contributed by atoms with Gasteiger partial charge in [0.15, 0.2) is 0 Å². The molecule has 0 rings (SSSR count). The Morgan fingerprint density at radius 3 is 1.69 bits per heavy atom. The molecule has 182 valence electrons. The van der Waals surface area contributed by atoms with E-state index in [9.17, 15) is 33.9 Å². The van der Waals surface area contributed by atoms with Crippen LogP contribution in [-0.2, 0) is 28.8 Å². The summed E-state index contributed by atoms with van der Waals surface area (Å²) in [6.45, 7) is 6.59. The van der Waals surface area contributed by atoms with Crippen molar-refractivity contribution >= 4 is 35.6 Å². The maximum atomic E-state index is 12.6. The fourth-order valence-electron chi connectivity index (χ4n) is 2.61. The van der Waals surface area contributed by atoms with Crippen LogP contribution in [0.4, 0.5) is 0 Å². The third kappa shape index (κ3) is 9.73. The van der Waals surface area contributed by atoms with Crippen molar-refractivity contribution < 1.29 is 39.0 Å². The van der Waals surface area contributed by atoms with Crippen LogP contribution in [0.1, 0.15) is 47.0 Å². The summed E-state index contributed by atoms with van der Waals surface area (Å²) in [5.74, 6) is -7.31. The average Bonchev–Trinajstić information content (AvgIpc) is 2.68. The number of carbonyl (C=O) groups is 6. The molecular weight excluding hydrogens is 426 g/mol. The van der Waals surface area contributed by atoms with Gasteiger partial charge in [-0.15, -0.1) is 0 Å². The SMILES string of the molecule is CCC(C)C(N)C(=O)NC(CC(=O)O)C(=O)NC(CC(N)=O)C(=O)NC(C(=O)O)C(C)C. The van der Waals surface area contributed by atoms with E-state index >= 15 is 0 Å². The van der Waals surface area contributed by atoms with Crippen LogP contribution in [0, 0.1) is 11.8 Å². The predicted molar refractivity (Wildman–Crippen MR) is 112 cm³/mol. The number of carboxylic acid groups (broad SMARTS) is 2. The number of primary amides is 1. The molecule has 9 N–H and O–H groups in total. The molecule has 0 fully saturated rings. The molecule has 0 aromatic heterocycles. The summed E-state index contributed by atoms with van der Waals surface area (Å²) >= 11 is 0. The number of carbonyl (C=O) groups excluding carboxylic acids is 4. The second kappa shape index (κ2) is 13.2. The van der Waals surface area contributed by atoms with Crippen molar-refractivity contribution in [3.05, 3.63) is 0 Å². The molecule has 0 aliphatic heterocycles. The number of rotatable bonds is 14. The van der Waals surface area contributed by atoms with Gasteiger partial charge in [0.25, 0.3) is 0 Å². The average molecular weight is 460 g/mol. The Morgan fingerprint density at radius 1 is 0.812 bits per heavy atom. The molecule has 0 saturated heterocycles. The molecule has 13 nitrogen and oxygen atoms in total. The Hall–Kier alpha value is -3.22. The van der Waals surface area contributed by atoms with E-state index in [4.69, 9.17) is 16.6 Å². The summed E-state index contributed by atoms with van der Waals surface area (Å²) in [4.78, 5) is 71.3. The maximum Gasteiger partial charge on any atom is 0.326 e. The lowest BCUT2D eigenvalue weighted by Crippen LogP contribution is -2.59. The second-order valence-corrected chi connectivity index (χ2v) is 7.87. The van der Waals surface area contributed by atoms with Gasteiger partial charge in [-0.25, -0.2) is 4.79 Å². The zero-order chi connectivity index (χ0) is 25.2. The molecule has 0 saturated carbocycles. The molecule has 5 unspecified atom stereocenters. The summed E-state index contributed by atoms with van der Waals surface area (Å²) < 4.78 is 0. The minimum absolute atomic E-state index is 0.249. The van der Waals surface area contributed by atoms with E-state index in [0.29, 0.717) is 6.42 Å². The number of nitrogens with one attached hydrogen (secondary N) is 3. The molecule has 0 aromatic rings. The van der Waals surface area contributed by atoms with E-state index in [-0.39, 0.29) is 5.92 Å². The zero-order valence-electron chi connectivity index (χ0n) is 18.6. The summed E-state index contributed by atoms with van der Waals surface area (Å²) in [6.07, 6.45) is -0.937. The van der Waals surface area contributed by atoms with Crippen molar-refractivity contribution in [3.63, 3.8) is 0 Å². The first kappa shape index (κ1) is 28.8. The van der Waals surface area contributed by atoms with Crippen LogP contribution in [0.2, 0.25) is 0 Å². The van der Waals surface area contributed by atoms with Crippen molar-refractivity contribution in [1.29, 1.82) is 0 Å². The lowest BCUT2D eigenvalue weighted by molar-refractivity contribution is -0.144. The number of carboxylic acids is 2. The van der Waals surface area contributed by atoms with Gasteiger partial charge in [0.1, 0.15) is 18.1 Å². The second-order valence-electron chi connectivity index (χ2n) is 7.87. The fourth-order valence-corrected chi connectivity index (χ4v) is 2.61. The van der Waals surface area contributed by atoms with Crippen molar-refractivity contribution in [2.45, 2.75) is 71.1 Å². The van der Waals surface area contributed by atoms with Crippen molar-refractivity contribution in [2.75, 3.05) is 0 Å². The highest BCUT2D eigenvalue weighted by Crippen LogP contribution is 2.07. The smallest absolute Gasteiger partial charge is 0.326 e. The Bertz CT molecular complexity index is 727. The van der Waals surface area contributed by atoms with Crippen LogP contribution in [0.15, 0.2) is 0 Å². The number of hydrogen-bond acceptors (Lipinski definition) is 7. The molecule has 0 heterocycles. The van der Waals surface area contributed by atoms with Gasteiger partial charge < -0.3 is 37.6 Å². The van der Waals surface area contributed by atoms with E-state index in [1.165, 1.54) is 0 Å². The molecule has 4 amide bonds. The maximum absolute atomic E-state index is 12.6. The Balaban J connectivity index is 5.58. The summed E-state index contributed by atoms with van der Waals surface area (Å²) in [5, 5.41) is 24.9. The molecule has 0 radical (unpaired) electrons. The number of amides is 4. The number of aliphatic carboxylic acids is 2. The van der Waals surface area contributed by atoms with Crippen LogP contribution in [0.3, 0.4) is 0 Å². The number of nitrogens with two attached hydrogens (primary N) is 2. The molecule has 0 bridgehead atoms. The quantitative estimate of drug-likeness (QED) is 0.151. The first-order chi connectivity index (χ1) is 14.7. The Morgan fingerprint density at radius 2 is 1.28 bits per heavy atom. The van der Waals surface area contributed by atoms with Gasteiger partial charge in [-0.2, -0.15) is 0 Å². The highest BCUT2D eigenvalue weighted by molar-refractivity contribution is 5.97. The van der Waals surface area contributed by atoms with Crippen LogP contribution in [0.5, 0.6) is 0 Å². The van der Waals surface area contributed by atoms with Gasteiger partial charge in [0, 0.05) is 0 Å². The van der Waals surface area contributed by atoms with Crippen molar-refractivity contribution in [3.8, 4) is 0 Å². The van der Waals surface area contributed by atoms with Crippen LogP contribution < -0.4 is 27.4 Å². The van der Waals surface area contributed by atoms with E-state index in [1.54, 1.807) is 27.7 Å². The summed E-state index contributed by atoms with van der Waals surface area (Å²) in [6, 6.07) is -5.50. The van der Waals surface area contributed by atoms with E-state index in [2.05, 4.69) is 16.0 Å². The van der Waals surface area contributed by atoms with E-state index in [1.807, 2.05) is 0 Å². The van der Waals surface area contributed by atoms with Crippen LogP contribution in [-0.4, -0.2) is 69.9 Å².